The molecule has 0 bridgehead atoms. The van der Waals surface area contributed by atoms with Crippen LogP contribution in [0.25, 0.3) is 11.1 Å². The lowest BCUT2D eigenvalue weighted by Gasteiger charge is -2.24. The lowest BCUT2D eigenvalue weighted by atomic mass is 9.91. The normalized spacial score (nSPS) is 25.6. The highest BCUT2D eigenvalue weighted by molar-refractivity contribution is 6.32. The smallest absolute Gasteiger partial charge is 0.321 e. The molecule has 0 radical (unpaired) electrons. The zero-order valence-corrected chi connectivity index (χ0v) is 18.8. The van der Waals surface area contributed by atoms with Crippen LogP contribution in [0.2, 0.25) is 0 Å². The zero-order chi connectivity index (χ0) is 24.2. The summed E-state index contributed by atoms with van der Waals surface area (Å²) in [4.78, 5) is 25.9. The number of halogens is 1. The maximum absolute atomic E-state index is 13.8. The van der Waals surface area contributed by atoms with Gasteiger partial charge in [-0.1, -0.05) is 24.3 Å². The first-order valence-electron chi connectivity index (χ1n) is 11.1. The lowest BCUT2D eigenvalue weighted by molar-refractivity contribution is -0.142. The standard InChI is InChI=1S/C26H25FN2O5/c1-26(2)19(11-22(34-26)23-18-9-16(27)7-8-20(18)28-24(23)31)15-5-3-14(4-6-15)12-29-13-17(30)10-21(29)25(32)33/h3-9,11,17,21,30H,10,12-13H2,1-2H3,(H,28,31)(H,32,33)/b23-22+/t17-,21+/m1/s1. The van der Waals surface area contributed by atoms with Gasteiger partial charge in [-0.05, 0) is 49.2 Å². The van der Waals surface area contributed by atoms with Gasteiger partial charge in [-0.25, -0.2) is 4.39 Å². The number of aliphatic hydroxyl groups is 1. The van der Waals surface area contributed by atoms with Crippen LogP contribution in [-0.2, 0) is 20.9 Å². The average molecular weight is 464 g/mol. The van der Waals surface area contributed by atoms with Crippen LogP contribution < -0.4 is 5.32 Å². The van der Waals surface area contributed by atoms with Crippen molar-refractivity contribution >= 4 is 28.7 Å². The largest absolute Gasteiger partial charge is 0.482 e. The number of nitrogens with one attached hydrogen (secondary N) is 1. The molecule has 8 heteroatoms. The summed E-state index contributed by atoms with van der Waals surface area (Å²) in [6.45, 7) is 4.56. The third-order valence-corrected chi connectivity index (χ3v) is 6.58. The number of nitrogens with zero attached hydrogens (tertiary/aromatic N) is 1. The monoisotopic (exact) mass is 464 g/mol. The first kappa shape index (κ1) is 22.3. The molecular weight excluding hydrogens is 439 g/mol. The molecular formula is C26H25FN2O5. The Morgan fingerprint density at radius 2 is 1.97 bits per heavy atom. The second kappa shape index (κ2) is 8.07. The van der Waals surface area contributed by atoms with E-state index < -0.39 is 29.5 Å². The second-order valence-electron chi connectivity index (χ2n) is 9.42. The van der Waals surface area contributed by atoms with Crippen LogP contribution in [0.3, 0.4) is 0 Å². The van der Waals surface area contributed by atoms with Crippen molar-refractivity contribution in [1.29, 1.82) is 0 Å². The maximum Gasteiger partial charge on any atom is 0.321 e. The number of carboxylic acid groups (broad SMARTS) is 1. The van der Waals surface area contributed by atoms with E-state index in [9.17, 15) is 24.2 Å². The minimum Gasteiger partial charge on any atom is -0.482 e. The molecule has 0 aliphatic carbocycles. The number of fused-ring (bicyclic) bond motifs is 1. The molecule has 0 saturated carbocycles. The minimum atomic E-state index is -0.929. The van der Waals surface area contributed by atoms with Crippen molar-refractivity contribution in [2.45, 2.75) is 44.6 Å². The molecule has 3 N–H and O–H groups in total. The quantitative estimate of drug-likeness (QED) is 0.600. The number of allylic oxidation sites excluding steroid dienone is 1. The summed E-state index contributed by atoms with van der Waals surface area (Å²) in [7, 11) is 0. The number of β-amino-alcohol motifs (C(OH)–C–C–N with tert-alkyl or cyclic N) is 1. The lowest BCUT2D eigenvalue weighted by Crippen LogP contribution is -2.35. The molecule has 3 aliphatic heterocycles. The van der Waals surface area contributed by atoms with Crippen LogP contribution in [0.4, 0.5) is 10.1 Å². The molecule has 0 spiro atoms. The topological polar surface area (TPSA) is 99.1 Å². The Morgan fingerprint density at radius 1 is 1.24 bits per heavy atom. The number of ether oxygens (including phenoxy) is 1. The van der Waals surface area contributed by atoms with E-state index in [1.165, 1.54) is 18.2 Å². The SMILES string of the molecule is CC1(C)O/C(=C2/C(=O)Nc3ccc(F)cc32)C=C1c1ccc(CN2C[C@H](O)C[C@H]2C(=O)O)cc1. The Hall–Kier alpha value is -3.49. The third-order valence-electron chi connectivity index (χ3n) is 6.58. The van der Waals surface area contributed by atoms with Crippen molar-refractivity contribution < 1.29 is 28.9 Å². The van der Waals surface area contributed by atoms with E-state index in [4.69, 9.17) is 4.74 Å². The van der Waals surface area contributed by atoms with Crippen molar-refractivity contribution in [3.8, 4) is 0 Å². The summed E-state index contributed by atoms with van der Waals surface area (Å²) < 4.78 is 20.0. The molecule has 2 aromatic carbocycles. The predicted octanol–water partition coefficient (Wildman–Crippen LogP) is 3.40. The minimum absolute atomic E-state index is 0.226. The number of aliphatic hydroxyl groups excluding tert-OH is 1. The number of carbonyl (C=O) groups is 2. The number of benzene rings is 2. The molecule has 2 aromatic rings. The Bertz CT molecular complexity index is 1250. The van der Waals surface area contributed by atoms with Crippen LogP contribution in [0.5, 0.6) is 0 Å². The molecule has 1 amide bonds. The van der Waals surface area contributed by atoms with Gasteiger partial charge in [-0.15, -0.1) is 0 Å². The van der Waals surface area contributed by atoms with E-state index in [0.717, 1.165) is 16.7 Å². The predicted molar refractivity (Wildman–Crippen MR) is 124 cm³/mol. The Morgan fingerprint density at radius 3 is 2.68 bits per heavy atom. The number of carbonyl (C=O) groups excluding carboxylic acids is 1. The van der Waals surface area contributed by atoms with Crippen LogP contribution in [0.15, 0.2) is 54.3 Å². The number of likely N-dealkylation sites (tertiary alicyclic amines) is 1. The van der Waals surface area contributed by atoms with Crippen LogP contribution in [-0.4, -0.2) is 51.3 Å². The number of hydrogen-bond acceptors (Lipinski definition) is 5. The van der Waals surface area contributed by atoms with Gasteiger partial charge in [0.05, 0.1) is 11.7 Å². The van der Waals surface area contributed by atoms with Gasteiger partial charge in [-0.3, -0.25) is 14.5 Å². The molecule has 176 valence electrons. The zero-order valence-electron chi connectivity index (χ0n) is 18.8. The van der Waals surface area contributed by atoms with Crippen molar-refractivity contribution in [1.82, 2.24) is 4.90 Å². The number of carboxylic acids is 1. The molecule has 1 saturated heterocycles. The van der Waals surface area contributed by atoms with Gasteiger partial charge in [0.15, 0.2) is 0 Å². The second-order valence-corrected chi connectivity index (χ2v) is 9.42. The van der Waals surface area contributed by atoms with E-state index in [0.29, 0.717) is 35.7 Å². The summed E-state index contributed by atoms with van der Waals surface area (Å²) in [6.07, 6.45) is 1.41. The van der Waals surface area contributed by atoms with Crippen LogP contribution in [0, 0.1) is 5.82 Å². The van der Waals surface area contributed by atoms with E-state index in [-0.39, 0.29) is 12.3 Å². The molecule has 1 fully saturated rings. The van der Waals surface area contributed by atoms with E-state index >= 15 is 0 Å². The Balaban J connectivity index is 1.43. The molecule has 2 atom stereocenters. The fourth-order valence-corrected chi connectivity index (χ4v) is 4.94. The fraction of sp³-hybridized carbons (Fsp3) is 0.308. The highest BCUT2D eigenvalue weighted by atomic mass is 19.1. The van der Waals surface area contributed by atoms with Gasteiger partial charge >= 0.3 is 5.97 Å². The molecule has 3 heterocycles. The number of rotatable bonds is 4. The third kappa shape index (κ3) is 3.89. The highest BCUT2D eigenvalue weighted by Crippen LogP contribution is 2.44. The van der Waals surface area contributed by atoms with Gasteiger partial charge in [0.25, 0.3) is 5.91 Å². The molecule has 34 heavy (non-hydrogen) atoms. The van der Waals surface area contributed by atoms with Gasteiger partial charge in [0, 0.05) is 36.3 Å². The molecule has 0 unspecified atom stereocenters. The maximum atomic E-state index is 13.8. The van der Waals surface area contributed by atoms with Crippen molar-refractivity contribution in [2.75, 3.05) is 11.9 Å². The fourth-order valence-electron chi connectivity index (χ4n) is 4.94. The van der Waals surface area contributed by atoms with E-state index in [1.54, 1.807) is 4.90 Å². The van der Waals surface area contributed by atoms with Gasteiger partial charge < -0.3 is 20.3 Å². The van der Waals surface area contributed by atoms with Crippen LogP contribution >= 0.6 is 0 Å². The average Bonchev–Trinajstić information content (AvgIpc) is 3.40. The summed E-state index contributed by atoms with van der Waals surface area (Å²) in [5.41, 5.74) is 3.32. The summed E-state index contributed by atoms with van der Waals surface area (Å²) in [6, 6.07) is 11.2. The summed E-state index contributed by atoms with van der Waals surface area (Å²) in [5, 5.41) is 22.0. The number of anilines is 1. The Kier molecular flexibility index (Phi) is 5.30. The van der Waals surface area contributed by atoms with Gasteiger partial charge in [0.2, 0.25) is 0 Å². The van der Waals surface area contributed by atoms with E-state index in [1.807, 2.05) is 44.2 Å². The van der Waals surface area contributed by atoms with Crippen molar-refractivity contribution in [3.63, 3.8) is 0 Å². The van der Waals surface area contributed by atoms with Crippen LogP contribution in [0.1, 0.15) is 37.0 Å². The first-order valence-corrected chi connectivity index (χ1v) is 11.1. The number of amides is 1. The van der Waals surface area contributed by atoms with Crippen molar-refractivity contribution in [2.24, 2.45) is 0 Å². The number of aliphatic carboxylic acids is 1. The molecule has 0 aromatic heterocycles. The van der Waals surface area contributed by atoms with E-state index in [2.05, 4.69) is 5.32 Å². The highest BCUT2D eigenvalue weighted by Gasteiger charge is 2.38. The molecule has 3 aliphatic rings. The van der Waals surface area contributed by atoms with Gasteiger partial charge in [-0.2, -0.15) is 0 Å². The summed E-state index contributed by atoms with van der Waals surface area (Å²) >= 11 is 0. The van der Waals surface area contributed by atoms with Gasteiger partial charge in [0.1, 0.15) is 23.2 Å². The molecule has 7 nitrogen and oxygen atoms in total. The number of hydrogen-bond donors (Lipinski definition) is 3. The first-order chi connectivity index (χ1) is 16.1. The summed E-state index contributed by atoms with van der Waals surface area (Å²) in [5.74, 6) is -1.30. The van der Waals surface area contributed by atoms with Crippen molar-refractivity contribution in [3.05, 3.63) is 76.8 Å². The molecule has 5 rings (SSSR count). The Labute approximate surface area is 196 Å².